The molecule has 3 nitrogen and oxygen atoms in total. The maximum atomic E-state index is 12.8. The van der Waals surface area contributed by atoms with E-state index in [0.717, 1.165) is 16.1 Å². The molecule has 3 aromatic rings. The molecule has 0 fully saturated rings. The highest BCUT2D eigenvalue weighted by Gasteiger charge is 2.21. The van der Waals surface area contributed by atoms with E-state index in [9.17, 15) is 4.79 Å². The Hall–Kier alpha value is -2.17. The summed E-state index contributed by atoms with van der Waals surface area (Å²) < 4.78 is 0. The van der Waals surface area contributed by atoms with E-state index in [4.69, 9.17) is 11.6 Å². The van der Waals surface area contributed by atoms with Crippen molar-refractivity contribution in [2.24, 2.45) is 0 Å². The van der Waals surface area contributed by atoms with E-state index in [0.29, 0.717) is 18.0 Å². The summed E-state index contributed by atoms with van der Waals surface area (Å²) in [6.07, 6.45) is 2.16. The molecule has 1 amide bonds. The zero-order valence-electron chi connectivity index (χ0n) is 13.9. The van der Waals surface area contributed by atoms with Crippen LogP contribution < -0.4 is 0 Å². The molecule has 0 spiro atoms. The largest absolute Gasteiger partial charge is 0.339 e. The highest BCUT2D eigenvalue weighted by molar-refractivity contribution is 7.09. The normalized spacial score (nSPS) is 11.9. The molecule has 0 bridgehead atoms. The SMILES string of the molecule is CN(Cc1nccs1)C(=O)CC(c1ccccc1)c1cccc(Cl)c1. The van der Waals surface area contributed by atoms with Crippen LogP contribution in [0.5, 0.6) is 0 Å². The Kier molecular flexibility index (Phi) is 5.84. The lowest BCUT2D eigenvalue weighted by Crippen LogP contribution is -2.27. The molecule has 0 aliphatic carbocycles. The van der Waals surface area contributed by atoms with Gasteiger partial charge in [0.15, 0.2) is 0 Å². The molecule has 5 heteroatoms. The molecule has 1 heterocycles. The summed E-state index contributed by atoms with van der Waals surface area (Å²) in [6, 6.07) is 17.8. The first-order valence-electron chi connectivity index (χ1n) is 8.06. The minimum absolute atomic E-state index is 0.0221. The summed E-state index contributed by atoms with van der Waals surface area (Å²) in [4.78, 5) is 18.8. The smallest absolute Gasteiger partial charge is 0.223 e. The lowest BCUT2D eigenvalue weighted by atomic mass is 9.88. The summed E-state index contributed by atoms with van der Waals surface area (Å²) in [7, 11) is 1.82. The maximum Gasteiger partial charge on any atom is 0.223 e. The predicted molar refractivity (Wildman–Crippen MR) is 103 cm³/mol. The van der Waals surface area contributed by atoms with Crippen LogP contribution in [0.4, 0.5) is 0 Å². The summed E-state index contributed by atoms with van der Waals surface area (Å²) in [6.45, 7) is 0.535. The second kappa shape index (κ2) is 8.28. The van der Waals surface area contributed by atoms with Gasteiger partial charge in [0.25, 0.3) is 0 Å². The molecule has 0 saturated heterocycles. The van der Waals surface area contributed by atoms with E-state index < -0.39 is 0 Å². The van der Waals surface area contributed by atoms with E-state index in [1.807, 2.05) is 54.9 Å². The van der Waals surface area contributed by atoms with Gasteiger partial charge in [0.2, 0.25) is 5.91 Å². The van der Waals surface area contributed by atoms with Crippen molar-refractivity contribution >= 4 is 28.8 Å². The van der Waals surface area contributed by atoms with Crippen molar-refractivity contribution in [1.29, 1.82) is 0 Å². The summed E-state index contributed by atoms with van der Waals surface area (Å²) in [5.41, 5.74) is 2.16. The van der Waals surface area contributed by atoms with Gasteiger partial charge in [0.05, 0.1) is 6.54 Å². The molecule has 0 radical (unpaired) electrons. The lowest BCUT2D eigenvalue weighted by molar-refractivity contribution is -0.130. The number of rotatable bonds is 6. The zero-order valence-corrected chi connectivity index (χ0v) is 15.5. The first-order chi connectivity index (χ1) is 12.1. The second-order valence-corrected chi connectivity index (χ2v) is 7.31. The third-order valence-electron chi connectivity index (χ3n) is 4.11. The van der Waals surface area contributed by atoms with E-state index in [1.54, 1.807) is 22.4 Å². The van der Waals surface area contributed by atoms with E-state index in [1.165, 1.54) is 0 Å². The van der Waals surface area contributed by atoms with Crippen LogP contribution in [0.1, 0.15) is 28.5 Å². The van der Waals surface area contributed by atoms with Crippen molar-refractivity contribution in [3.63, 3.8) is 0 Å². The number of amides is 1. The van der Waals surface area contributed by atoms with Crippen LogP contribution in [0.2, 0.25) is 5.02 Å². The quantitative estimate of drug-likeness (QED) is 0.613. The van der Waals surface area contributed by atoms with Crippen molar-refractivity contribution in [3.05, 3.63) is 87.3 Å². The molecular formula is C20H19ClN2OS. The van der Waals surface area contributed by atoms with Crippen LogP contribution in [0.25, 0.3) is 0 Å². The average molecular weight is 371 g/mol. The topological polar surface area (TPSA) is 33.2 Å². The van der Waals surface area contributed by atoms with Crippen molar-refractivity contribution in [2.75, 3.05) is 7.05 Å². The van der Waals surface area contributed by atoms with Gasteiger partial charge in [0.1, 0.15) is 5.01 Å². The third-order valence-corrected chi connectivity index (χ3v) is 5.11. The highest BCUT2D eigenvalue weighted by atomic mass is 35.5. The van der Waals surface area contributed by atoms with Gasteiger partial charge in [-0.2, -0.15) is 0 Å². The van der Waals surface area contributed by atoms with Crippen LogP contribution in [0.3, 0.4) is 0 Å². The third kappa shape index (κ3) is 4.68. The van der Waals surface area contributed by atoms with Crippen molar-refractivity contribution in [1.82, 2.24) is 9.88 Å². The van der Waals surface area contributed by atoms with Crippen LogP contribution in [-0.2, 0) is 11.3 Å². The highest BCUT2D eigenvalue weighted by Crippen LogP contribution is 2.30. The second-order valence-electron chi connectivity index (χ2n) is 5.90. The number of aromatic nitrogens is 1. The Morgan fingerprint density at radius 3 is 2.60 bits per heavy atom. The summed E-state index contributed by atoms with van der Waals surface area (Å²) in [5, 5.41) is 3.55. The van der Waals surface area contributed by atoms with Crippen molar-refractivity contribution < 1.29 is 4.79 Å². The van der Waals surface area contributed by atoms with Crippen molar-refractivity contribution in [3.8, 4) is 0 Å². The fourth-order valence-corrected chi connectivity index (χ4v) is 3.66. The van der Waals surface area contributed by atoms with Crippen LogP contribution >= 0.6 is 22.9 Å². The van der Waals surface area contributed by atoms with Gasteiger partial charge in [-0.15, -0.1) is 11.3 Å². The molecule has 1 aromatic heterocycles. The minimum atomic E-state index is -0.0221. The average Bonchev–Trinajstić information content (AvgIpc) is 3.13. The number of hydrogen-bond donors (Lipinski definition) is 0. The summed E-state index contributed by atoms with van der Waals surface area (Å²) in [5.74, 6) is 0.0650. The Morgan fingerprint density at radius 1 is 1.16 bits per heavy atom. The lowest BCUT2D eigenvalue weighted by Gasteiger charge is -2.22. The first-order valence-corrected chi connectivity index (χ1v) is 9.32. The molecule has 1 atom stereocenters. The van der Waals surface area contributed by atoms with Gasteiger partial charge in [-0.3, -0.25) is 4.79 Å². The molecule has 0 saturated carbocycles. The molecule has 0 aliphatic rings. The van der Waals surface area contributed by atoms with Crippen LogP contribution in [0, 0.1) is 0 Å². The van der Waals surface area contributed by atoms with E-state index >= 15 is 0 Å². The van der Waals surface area contributed by atoms with E-state index in [-0.39, 0.29) is 11.8 Å². The van der Waals surface area contributed by atoms with Crippen LogP contribution in [-0.4, -0.2) is 22.8 Å². The number of carbonyl (C=O) groups excluding carboxylic acids is 1. The van der Waals surface area contributed by atoms with Crippen molar-refractivity contribution in [2.45, 2.75) is 18.9 Å². The standard InChI is InChI=1S/C20H19ClN2OS/c1-23(14-19-22-10-11-25-19)20(24)13-18(15-6-3-2-4-7-15)16-8-5-9-17(21)12-16/h2-12,18H,13-14H2,1H3. The predicted octanol–water partition coefficient (Wildman–Crippen LogP) is 4.98. The van der Waals surface area contributed by atoms with Gasteiger partial charge in [-0.1, -0.05) is 54.1 Å². The molecule has 1 unspecified atom stereocenters. The Balaban J connectivity index is 1.81. The van der Waals surface area contributed by atoms with Gasteiger partial charge >= 0.3 is 0 Å². The van der Waals surface area contributed by atoms with Gasteiger partial charge < -0.3 is 4.90 Å². The number of carbonyl (C=O) groups is 1. The monoisotopic (exact) mass is 370 g/mol. The van der Waals surface area contributed by atoms with E-state index in [2.05, 4.69) is 17.1 Å². The Morgan fingerprint density at radius 2 is 1.92 bits per heavy atom. The molecule has 0 N–H and O–H groups in total. The summed E-state index contributed by atoms with van der Waals surface area (Å²) >= 11 is 7.73. The minimum Gasteiger partial charge on any atom is -0.339 e. The molecule has 25 heavy (non-hydrogen) atoms. The number of hydrogen-bond acceptors (Lipinski definition) is 3. The first kappa shape index (κ1) is 17.6. The Labute approximate surface area is 156 Å². The number of benzene rings is 2. The fourth-order valence-electron chi connectivity index (χ4n) is 2.79. The number of halogens is 1. The van der Waals surface area contributed by atoms with Gasteiger partial charge in [-0.05, 0) is 23.3 Å². The molecule has 3 rings (SSSR count). The number of thiazole rings is 1. The fraction of sp³-hybridized carbons (Fsp3) is 0.200. The van der Waals surface area contributed by atoms with Crippen LogP contribution in [0.15, 0.2) is 66.2 Å². The molecule has 128 valence electrons. The van der Waals surface area contributed by atoms with Gasteiger partial charge in [0, 0.05) is 36.0 Å². The number of nitrogens with zero attached hydrogens (tertiary/aromatic N) is 2. The molecule has 0 aliphatic heterocycles. The zero-order chi connectivity index (χ0) is 17.6. The van der Waals surface area contributed by atoms with Gasteiger partial charge in [-0.25, -0.2) is 4.98 Å². The molecule has 2 aromatic carbocycles. The molecular weight excluding hydrogens is 352 g/mol. The maximum absolute atomic E-state index is 12.8. The Bertz CT molecular complexity index is 821.